The fourth-order valence-electron chi connectivity index (χ4n) is 3.15. The van der Waals surface area contributed by atoms with Crippen LogP contribution in [-0.2, 0) is 26.3 Å². The summed E-state index contributed by atoms with van der Waals surface area (Å²) in [6, 6.07) is 9.21. The summed E-state index contributed by atoms with van der Waals surface area (Å²) in [6.45, 7) is 5.13. The molecular weight excluding hydrogens is 478 g/mol. The van der Waals surface area contributed by atoms with Gasteiger partial charge in [-0.3, -0.25) is 9.59 Å². The van der Waals surface area contributed by atoms with Gasteiger partial charge in [-0.15, -0.1) is 0 Å². The minimum Gasteiger partial charge on any atom is -0.354 e. The first-order valence-electron chi connectivity index (χ1n) is 11.1. The van der Waals surface area contributed by atoms with Crippen molar-refractivity contribution in [2.45, 2.75) is 33.4 Å². The molecule has 11 heteroatoms. The second kappa shape index (κ2) is 12.1. The van der Waals surface area contributed by atoms with Gasteiger partial charge in [-0.25, -0.2) is 13.1 Å². The summed E-state index contributed by atoms with van der Waals surface area (Å²) in [5, 5.41) is 2.78. The average Bonchev–Trinajstić information content (AvgIpc) is 2.80. The number of halogens is 2. The zero-order valence-electron chi connectivity index (χ0n) is 20.5. The molecule has 0 aromatic heterocycles. The highest BCUT2D eigenvalue weighted by Gasteiger charge is 2.32. The van der Waals surface area contributed by atoms with Gasteiger partial charge in [0, 0.05) is 27.2 Å². The molecule has 2 aromatic rings. The maximum Gasteiger partial charge on any atom is 0.304 e. The summed E-state index contributed by atoms with van der Waals surface area (Å²) in [6.07, 6.45) is 0. The van der Waals surface area contributed by atoms with E-state index in [-0.39, 0.29) is 18.2 Å². The molecule has 2 rings (SSSR count). The number of benzene rings is 2. The topological polar surface area (TPSA) is 90.0 Å². The lowest BCUT2D eigenvalue weighted by molar-refractivity contribution is -0.139. The SMILES string of the molecule is CC(C)CNC(=O)C(C)N(Cc1ccc(F)cc1)C(=O)CN(c1ccc(F)cc1)S(=O)(=O)N(C)C. The van der Waals surface area contributed by atoms with E-state index in [0.717, 1.165) is 20.7 Å². The Morgan fingerprint density at radius 2 is 1.43 bits per heavy atom. The first-order chi connectivity index (χ1) is 16.3. The van der Waals surface area contributed by atoms with Gasteiger partial charge in [0.15, 0.2) is 0 Å². The predicted molar refractivity (Wildman–Crippen MR) is 131 cm³/mol. The molecule has 0 spiro atoms. The van der Waals surface area contributed by atoms with Gasteiger partial charge in [-0.05, 0) is 54.8 Å². The highest BCUT2D eigenvalue weighted by Crippen LogP contribution is 2.21. The van der Waals surface area contributed by atoms with Crippen molar-refractivity contribution in [3.05, 3.63) is 65.7 Å². The Hall–Kier alpha value is -3.05. The van der Waals surface area contributed by atoms with Crippen molar-refractivity contribution in [2.75, 3.05) is 31.5 Å². The third kappa shape index (κ3) is 7.72. The molecule has 0 aliphatic rings. The quantitative estimate of drug-likeness (QED) is 0.504. The zero-order chi connectivity index (χ0) is 26.3. The van der Waals surface area contributed by atoms with Crippen LogP contribution in [0.2, 0.25) is 0 Å². The van der Waals surface area contributed by atoms with E-state index in [1.54, 1.807) is 6.92 Å². The summed E-state index contributed by atoms with van der Waals surface area (Å²) in [5.74, 6) is -1.88. The lowest BCUT2D eigenvalue weighted by Crippen LogP contribution is -2.52. The van der Waals surface area contributed by atoms with Gasteiger partial charge in [0.1, 0.15) is 24.2 Å². The van der Waals surface area contributed by atoms with Crippen molar-refractivity contribution in [3.63, 3.8) is 0 Å². The average molecular weight is 511 g/mol. The van der Waals surface area contributed by atoms with Crippen molar-refractivity contribution in [2.24, 2.45) is 5.92 Å². The molecule has 0 saturated carbocycles. The summed E-state index contributed by atoms with van der Waals surface area (Å²) in [5.41, 5.74) is 0.652. The van der Waals surface area contributed by atoms with E-state index in [9.17, 15) is 26.8 Å². The molecule has 2 aromatic carbocycles. The highest BCUT2D eigenvalue weighted by molar-refractivity contribution is 7.90. The molecule has 35 heavy (non-hydrogen) atoms. The maximum absolute atomic E-state index is 13.5. The van der Waals surface area contributed by atoms with E-state index in [1.165, 1.54) is 55.4 Å². The molecule has 0 saturated heterocycles. The molecule has 0 aliphatic heterocycles. The second-order valence-electron chi connectivity index (χ2n) is 8.74. The smallest absolute Gasteiger partial charge is 0.304 e. The highest BCUT2D eigenvalue weighted by atomic mass is 32.2. The van der Waals surface area contributed by atoms with Crippen molar-refractivity contribution in [1.29, 1.82) is 0 Å². The predicted octanol–water partition coefficient (Wildman–Crippen LogP) is 2.77. The molecule has 192 valence electrons. The number of nitrogens with one attached hydrogen (secondary N) is 1. The van der Waals surface area contributed by atoms with E-state index in [1.807, 2.05) is 13.8 Å². The van der Waals surface area contributed by atoms with Crippen molar-refractivity contribution in [3.8, 4) is 0 Å². The number of carbonyl (C=O) groups excluding carboxylic acids is 2. The molecule has 0 heterocycles. The van der Waals surface area contributed by atoms with E-state index < -0.39 is 46.2 Å². The van der Waals surface area contributed by atoms with E-state index in [0.29, 0.717) is 12.1 Å². The Balaban J connectivity index is 2.41. The van der Waals surface area contributed by atoms with Gasteiger partial charge in [0.05, 0.1) is 5.69 Å². The van der Waals surface area contributed by atoms with Gasteiger partial charge in [0.2, 0.25) is 11.8 Å². The van der Waals surface area contributed by atoms with E-state index >= 15 is 0 Å². The first-order valence-corrected chi connectivity index (χ1v) is 12.5. The number of hydrogen-bond acceptors (Lipinski definition) is 4. The van der Waals surface area contributed by atoms with Crippen LogP contribution in [0.5, 0.6) is 0 Å². The zero-order valence-corrected chi connectivity index (χ0v) is 21.4. The summed E-state index contributed by atoms with van der Waals surface area (Å²) in [4.78, 5) is 27.5. The normalized spacial score (nSPS) is 12.5. The molecule has 0 bridgehead atoms. The molecule has 1 N–H and O–H groups in total. The van der Waals surface area contributed by atoms with E-state index in [2.05, 4.69) is 5.32 Å². The van der Waals surface area contributed by atoms with Gasteiger partial charge in [0.25, 0.3) is 0 Å². The van der Waals surface area contributed by atoms with Crippen LogP contribution in [0.3, 0.4) is 0 Å². The molecule has 1 unspecified atom stereocenters. The number of amides is 2. The molecule has 8 nitrogen and oxygen atoms in total. The minimum atomic E-state index is -4.13. The summed E-state index contributed by atoms with van der Waals surface area (Å²) in [7, 11) is -1.50. The minimum absolute atomic E-state index is 0.0470. The van der Waals surface area contributed by atoms with Gasteiger partial charge in [-0.1, -0.05) is 26.0 Å². The number of hydrogen-bond donors (Lipinski definition) is 1. The summed E-state index contributed by atoms with van der Waals surface area (Å²) >= 11 is 0. The fraction of sp³-hybridized carbons (Fsp3) is 0.417. The van der Waals surface area contributed by atoms with Crippen molar-refractivity contribution < 1.29 is 26.8 Å². The Morgan fingerprint density at radius 1 is 0.914 bits per heavy atom. The molecule has 0 fully saturated rings. The van der Waals surface area contributed by atoms with Crippen LogP contribution in [0.4, 0.5) is 14.5 Å². The Kier molecular flexibility index (Phi) is 9.73. The molecule has 0 radical (unpaired) electrons. The Labute approximate surface area is 205 Å². The third-order valence-corrected chi connectivity index (χ3v) is 7.07. The van der Waals surface area contributed by atoms with Crippen LogP contribution in [0.15, 0.2) is 48.5 Å². The van der Waals surface area contributed by atoms with Gasteiger partial charge >= 0.3 is 10.2 Å². The number of anilines is 1. The largest absolute Gasteiger partial charge is 0.354 e. The van der Waals surface area contributed by atoms with Crippen molar-refractivity contribution in [1.82, 2.24) is 14.5 Å². The number of carbonyl (C=O) groups is 2. The van der Waals surface area contributed by atoms with Gasteiger partial charge < -0.3 is 10.2 Å². The van der Waals surface area contributed by atoms with Crippen LogP contribution < -0.4 is 9.62 Å². The van der Waals surface area contributed by atoms with E-state index in [4.69, 9.17) is 0 Å². The van der Waals surface area contributed by atoms with Crippen LogP contribution in [0.1, 0.15) is 26.3 Å². The monoisotopic (exact) mass is 510 g/mol. The lowest BCUT2D eigenvalue weighted by Gasteiger charge is -2.33. The van der Waals surface area contributed by atoms with Crippen molar-refractivity contribution >= 4 is 27.7 Å². The Morgan fingerprint density at radius 3 is 1.91 bits per heavy atom. The molecule has 2 amide bonds. The van der Waals surface area contributed by atoms with Crippen LogP contribution in [0.25, 0.3) is 0 Å². The summed E-state index contributed by atoms with van der Waals surface area (Å²) < 4.78 is 54.7. The fourth-order valence-corrected chi connectivity index (χ4v) is 4.20. The van der Waals surface area contributed by atoms with Crippen LogP contribution >= 0.6 is 0 Å². The maximum atomic E-state index is 13.5. The molecule has 1 atom stereocenters. The third-order valence-electron chi connectivity index (χ3n) is 5.25. The number of nitrogens with zero attached hydrogens (tertiary/aromatic N) is 3. The van der Waals surface area contributed by atoms with Crippen LogP contribution in [-0.4, -0.2) is 62.7 Å². The lowest BCUT2D eigenvalue weighted by atomic mass is 10.1. The molecular formula is C24H32F2N4O4S. The molecule has 0 aliphatic carbocycles. The van der Waals surface area contributed by atoms with Crippen LogP contribution in [0, 0.1) is 17.6 Å². The Bertz CT molecular complexity index is 1110. The van der Waals surface area contributed by atoms with Gasteiger partial charge in [-0.2, -0.15) is 12.7 Å². The first kappa shape index (κ1) is 28.2. The standard InChI is InChI=1S/C24H32F2N4O4S/c1-17(2)14-27-24(32)18(3)29(15-19-6-8-20(25)9-7-19)23(31)16-30(35(33,34)28(4)5)22-12-10-21(26)11-13-22/h6-13,17-18H,14-16H2,1-5H3,(H,27,32). The number of rotatable bonds is 11. The second-order valence-corrected chi connectivity index (χ2v) is 10.8.